The molecule has 0 aliphatic carbocycles. The molecule has 0 unspecified atom stereocenters. The largest absolute Gasteiger partial charge is 0.493 e. The van der Waals surface area contributed by atoms with E-state index in [1.54, 1.807) is 0 Å². The highest BCUT2D eigenvalue weighted by Crippen LogP contribution is 2.21. The van der Waals surface area contributed by atoms with Crippen molar-refractivity contribution in [3.8, 4) is 5.75 Å². The molecule has 0 heterocycles. The van der Waals surface area contributed by atoms with E-state index in [9.17, 15) is 4.79 Å². The van der Waals surface area contributed by atoms with Crippen LogP contribution in [0.1, 0.15) is 12.0 Å². The van der Waals surface area contributed by atoms with Crippen LogP contribution < -0.4 is 10.1 Å². The number of halogens is 1. The lowest BCUT2D eigenvalue weighted by atomic mass is 10.2. The predicted molar refractivity (Wildman–Crippen MR) is 84.1 cm³/mol. The smallest absolute Gasteiger partial charge is 0.227 e. The Kier molecular flexibility index (Phi) is 5.18. The Morgan fingerprint density at radius 2 is 2.00 bits per heavy atom. The van der Waals surface area contributed by atoms with Gasteiger partial charge in [0.15, 0.2) is 0 Å². The van der Waals surface area contributed by atoms with Crippen LogP contribution in [0.3, 0.4) is 0 Å². The maximum Gasteiger partial charge on any atom is 0.227 e. The predicted octanol–water partition coefficient (Wildman–Crippen LogP) is 4.17. The molecule has 0 fully saturated rings. The van der Waals surface area contributed by atoms with Gasteiger partial charge < -0.3 is 10.1 Å². The number of carbonyl (C=O) groups is 1. The lowest BCUT2D eigenvalue weighted by Gasteiger charge is -2.08. The summed E-state index contributed by atoms with van der Waals surface area (Å²) in [5.74, 6) is 0.725. The lowest BCUT2D eigenvalue weighted by Crippen LogP contribution is -2.15. The van der Waals surface area contributed by atoms with Crippen LogP contribution in [0.15, 0.2) is 53.0 Å². The number of rotatable bonds is 5. The molecule has 1 N–H and O–H groups in total. The van der Waals surface area contributed by atoms with Crippen LogP contribution in [0.2, 0.25) is 0 Å². The second-order valence-corrected chi connectivity index (χ2v) is 5.30. The van der Waals surface area contributed by atoms with Gasteiger partial charge in [0.2, 0.25) is 5.91 Å². The number of anilines is 1. The van der Waals surface area contributed by atoms with Crippen molar-refractivity contribution in [1.29, 1.82) is 0 Å². The highest BCUT2D eigenvalue weighted by molar-refractivity contribution is 9.10. The Labute approximate surface area is 127 Å². The van der Waals surface area contributed by atoms with Gasteiger partial charge in [0.25, 0.3) is 0 Å². The van der Waals surface area contributed by atoms with Gasteiger partial charge in [-0.15, -0.1) is 0 Å². The van der Waals surface area contributed by atoms with Gasteiger partial charge in [-0.2, -0.15) is 0 Å². The van der Waals surface area contributed by atoms with Gasteiger partial charge in [-0.1, -0.05) is 24.3 Å². The summed E-state index contributed by atoms with van der Waals surface area (Å²) in [5.41, 5.74) is 1.91. The maximum absolute atomic E-state index is 11.8. The molecule has 0 saturated carbocycles. The molecule has 4 heteroatoms. The number of nitrogens with one attached hydrogen (secondary N) is 1. The van der Waals surface area contributed by atoms with Gasteiger partial charge in [0.05, 0.1) is 18.7 Å². The molecule has 2 aromatic carbocycles. The van der Waals surface area contributed by atoms with E-state index in [4.69, 9.17) is 4.74 Å². The van der Waals surface area contributed by atoms with E-state index in [0.717, 1.165) is 21.5 Å². The summed E-state index contributed by atoms with van der Waals surface area (Å²) in [6.45, 7) is 2.37. The zero-order valence-corrected chi connectivity index (χ0v) is 12.8. The number of para-hydroxylation sites is 1. The highest BCUT2D eigenvalue weighted by Gasteiger charge is 2.05. The van der Waals surface area contributed by atoms with Gasteiger partial charge >= 0.3 is 0 Å². The van der Waals surface area contributed by atoms with Crippen molar-refractivity contribution in [3.05, 3.63) is 58.6 Å². The fraction of sp³-hybridized carbons (Fsp3) is 0.188. The van der Waals surface area contributed by atoms with Crippen molar-refractivity contribution < 1.29 is 9.53 Å². The third-order valence-electron chi connectivity index (χ3n) is 2.74. The molecule has 3 nitrogen and oxygen atoms in total. The summed E-state index contributed by atoms with van der Waals surface area (Å²) < 4.78 is 6.42. The first-order valence-electron chi connectivity index (χ1n) is 6.39. The number of aryl methyl sites for hydroxylation is 1. The second-order valence-electron chi connectivity index (χ2n) is 4.44. The molecule has 0 aliphatic rings. The minimum Gasteiger partial charge on any atom is -0.493 e. The van der Waals surface area contributed by atoms with Gasteiger partial charge in [0.1, 0.15) is 5.75 Å². The average molecular weight is 334 g/mol. The van der Waals surface area contributed by atoms with Crippen LogP contribution in [0.4, 0.5) is 5.69 Å². The molecular weight excluding hydrogens is 318 g/mol. The van der Waals surface area contributed by atoms with Gasteiger partial charge in [-0.05, 0) is 52.7 Å². The third kappa shape index (κ3) is 4.38. The lowest BCUT2D eigenvalue weighted by molar-refractivity contribution is -0.116. The Morgan fingerprint density at radius 1 is 1.20 bits per heavy atom. The Bertz CT molecular complexity index is 599. The molecule has 0 aliphatic heterocycles. The maximum atomic E-state index is 11.8. The van der Waals surface area contributed by atoms with Crippen molar-refractivity contribution in [2.24, 2.45) is 0 Å². The Morgan fingerprint density at radius 3 is 2.75 bits per heavy atom. The molecule has 104 valence electrons. The number of ether oxygens (including phenoxy) is 1. The van der Waals surface area contributed by atoms with E-state index >= 15 is 0 Å². The molecule has 0 spiro atoms. The average Bonchev–Trinajstić information content (AvgIpc) is 2.41. The number of hydrogen-bond acceptors (Lipinski definition) is 2. The van der Waals surface area contributed by atoms with E-state index in [1.807, 2.05) is 55.5 Å². The Hall–Kier alpha value is -1.81. The summed E-state index contributed by atoms with van der Waals surface area (Å²) in [4.78, 5) is 11.8. The first kappa shape index (κ1) is 14.6. The third-order valence-corrected chi connectivity index (χ3v) is 3.43. The zero-order chi connectivity index (χ0) is 14.4. The van der Waals surface area contributed by atoms with Crippen molar-refractivity contribution in [2.75, 3.05) is 11.9 Å². The SMILES string of the molecule is Cc1cccc(OCCC(=O)Nc2ccccc2Br)c1. The quantitative estimate of drug-likeness (QED) is 0.891. The summed E-state index contributed by atoms with van der Waals surface area (Å²) in [6.07, 6.45) is 0.315. The topological polar surface area (TPSA) is 38.3 Å². The van der Waals surface area contributed by atoms with Crippen LogP contribution in [-0.4, -0.2) is 12.5 Å². The summed E-state index contributed by atoms with van der Waals surface area (Å²) >= 11 is 3.39. The van der Waals surface area contributed by atoms with E-state index in [2.05, 4.69) is 21.2 Å². The molecule has 2 aromatic rings. The van der Waals surface area contributed by atoms with E-state index in [-0.39, 0.29) is 5.91 Å². The van der Waals surface area contributed by atoms with Crippen LogP contribution in [0, 0.1) is 6.92 Å². The summed E-state index contributed by atoms with van der Waals surface area (Å²) in [7, 11) is 0. The van der Waals surface area contributed by atoms with Gasteiger partial charge in [0, 0.05) is 4.47 Å². The number of benzene rings is 2. The molecule has 0 saturated heterocycles. The van der Waals surface area contributed by atoms with Crippen LogP contribution in [-0.2, 0) is 4.79 Å². The van der Waals surface area contributed by atoms with Crippen molar-refractivity contribution in [2.45, 2.75) is 13.3 Å². The number of carbonyl (C=O) groups excluding carboxylic acids is 1. The van der Waals surface area contributed by atoms with E-state index < -0.39 is 0 Å². The van der Waals surface area contributed by atoms with Crippen LogP contribution in [0.5, 0.6) is 5.75 Å². The van der Waals surface area contributed by atoms with Crippen LogP contribution >= 0.6 is 15.9 Å². The van der Waals surface area contributed by atoms with Gasteiger partial charge in [-0.25, -0.2) is 0 Å². The van der Waals surface area contributed by atoms with Gasteiger partial charge in [-0.3, -0.25) is 4.79 Å². The number of hydrogen-bond donors (Lipinski definition) is 1. The van der Waals surface area contributed by atoms with E-state index in [1.165, 1.54) is 0 Å². The van der Waals surface area contributed by atoms with E-state index in [0.29, 0.717) is 13.0 Å². The fourth-order valence-electron chi connectivity index (χ4n) is 1.74. The minimum atomic E-state index is -0.0652. The first-order chi connectivity index (χ1) is 9.65. The normalized spacial score (nSPS) is 10.1. The molecule has 20 heavy (non-hydrogen) atoms. The highest BCUT2D eigenvalue weighted by atomic mass is 79.9. The molecular formula is C16H16BrNO2. The second kappa shape index (κ2) is 7.10. The van der Waals surface area contributed by atoms with Crippen LogP contribution in [0.25, 0.3) is 0 Å². The molecule has 2 rings (SSSR count). The monoisotopic (exact) mass is 333 g/mol. The molecule has 0 bridgehead atoms. The summed E-state index contributed by atoms with van der Waals surface area (Å²) in [5, 5.41) is 2.84. The standard InChI is InChI=1S/C16H16BrNO2/c1-12-5-4-6-13(11-12)20-10-9-16(19)18-15-8-3-2-7-14(15)17/h2-8,11H,9-10H2,1H3,(H,18,19). The van der Waals surface area contributed by atoms with Crippen molar-refractivity contribution in [1.82, 2.24) is 0 Å². The first-order valence-corrected chi connectivity index (χ1v) is 7.18. The Balaban J connectivity index is 1.80. The van der Waals surface area contributed by atoms with Crippen molar-refractivity contribution >= 4 is 27.5 Å². The molecule has 0 radical (unpaired) electrons. The minimum absolute atomic E-state index is 0.0652. The fourth-order valence-corrected chi connectivity index (χ4v) is 2.13. The summed E-state index contributed by atoms with van der Waals surface area (Å²) in [6, 6.07) is 15.3. The van der Waals surface area contributed by atoms with Crippen molar-refractivity contribution in [3.63, 3.8) is 0 Å². The molecule has 0 aromatic heterocycles. The number of amides is 1. The molecule has 1 amide bonds. The molecule has 0 atom stereocenters. The zero-order valence-electron chi connectivity index (χ0n) is 11.2.